The third-order valence-corrected chi connectivity index (χ3v) is 2.53. The van der Waals surface area contributed by atoms with Gasteiger partial charge in [0.2, 0.25) is 0 Å². The highest BCUT2D eigenvalue weighted by Crippen LogP contribution is 1.90. The Morgan fingerprint density at radius 3 is 1.85 bits per heavy atom. The fourth-order valence-electron chi connectivity index (χ4n) is 0.913. The summed E-state index contributed by atoms with van der Waals surface area (Å²) in [4.78, 5) is 1.71. The smallest absolute Gasteiger partial charge is 0.148 e. The van der Waals surface area contributed by atoms with Crippen molar-refractivity contribution in [2.45, 2.75) is 0 Å². The largest absolute Gasteiger partial charge is 0.395 e. The van der Waals surface area contributed by atoms with Crippen LogP contribution in [0.3, 0.4) is 0 Å². The van der Waals surface area contributed by atoms with Crippen molar-refractivity contribution in [2.24, 2.45) is 0 Å². The molecule has 0 aromatic heterocycles. The van der Waals surface area contributed by atoms with Crippen molar-refractivity contribution >= 4 is 9.84 Å². The first-order valence-corrected chi connectivity index (χ1v) is 6.17. The van der Waals surface area contributed by atoms with Crippen molar-refractivity contribution in [3.63, 3.8) is 0 Å². The predicted molar refractivity (Wildman–Crippen MR) is 50.3 cm³/mol. The molecule has 0 radical (unpaired) electrons. The minimum absolute atomic E-state index is 0.0240. The second kappa shape index (κ2) is 6.31. The fraction of sp³-hybridized carbons (Fsp3) is 1.00. The van der Waals surface area contributed by atoms with E-state index in [9.17, 15) is 8.42 Å². The van der Waals surface area contributed by atoms with Gasteiger partial charge in [0, 0.05) is 25.9 Å². The van der Waals surface area contributed by atoms with E-state index in [1.54, 1.807) is 4.90 Å². The highest BCUT2D eigenvalue weighted by molar-refractivity contribution is 7.90. The van der Waals surface area contributed by atoms with Crippen LogP contribution in [0.5, 0.6) is 0 Å². The summed E-state index contributed by atoms with van der Waals surface area (Å²) in [5.74, 6) is 0.0625. The molecule has 0 saturated heterocycles. The van der Waals surface area contributed by atoms with Crippen LogP contribution in [0.15, 0.2) is 0 Å². The molecule has 6 heteroatoms. The van der Waals surface area contributed by atoms with E-state index < -0.39 is 9.84 Å². The maximum absolute atomic E-state index is 10.8. The molecule has 13 heavy (non-hydrogen) atoms. The second-order valence-corrected chi connectivity index (χ2v) is 5.18. The number of nitrogens with zero attached hydrogens (tertiary/aromatic N) is 1. The van der Waals surface area contributed by atoms with Gasteiger partial charge in [-0.2, -0.15) is 0 Å². The molecule has 0 aliphatic heterocycles. The Labute approximate surface area is 78.9 Å². The first-order valence-electron chi connectivity index (χ1n) is 4.11. The molecule has 0 aliphatic carbocycles. The molecule has 0 aromatic carbocycles. The summed E-state index contributed by atoms with van der Waals surface area (Å²) < 4.78 is 21.6. The van der Waals surface area contributed by atoms with Crippen LogP contribution in [0.1, 0.15) is 0 Å². The summed E-state index contributed by atoms with van der Waals surface area (Å²) in [7, 11) is -2.96. The van der Waals surface area contributed by atoms with E-state index in [4.69, 9.17) is 10.2 Å². The predicted octanol–water partition coefficient (Wildman–Crippen LogP) is -1.68. The molecule has 0 aromatic rings. The van der Waals surface area contributed by atoms with Gasteiger partial charge in [0.1, 0.15) is 9.84 Å². The van der Waals surface area contributed by atoms with Crippen molar-refractivity contribution in [3.05, 3.63) is 0 Å². The zero-order valence-electron chi connectivity index (χ0n) is 7.81. The Kier molecular flexibility index (Phi) is 6.23. The molecule has 80 valence electrons. The first kappa shape index (κ1) is 12.8. The molecule has 0 rings (SSSR count). The zero-order valence-corrected chi connectivity index (χ0v) is 8.63. The summed E-state index contributed by atoms with van der Waals surface area (Å²) in [6, 6.07) is 0. The number of sulfone groups is 1. The molecule has 0 atom stereocenters. The Morgan fingerprint density at radius 1 is 1.08 bits per heavy atom. The van der Waals surface area contributed by atoms with Crippen molar-refractivity contribution in [3.8, 4) is 0 Å². The summed E-state index contributed by atoms with van der Waals surface area (Å²) in [5, 5.41) is 17.2. The van der Waals surface area contributed by atoms with E-state index in [1.165, 1.54) is 6.26 Å². The van der Waals surface area contributed by atoms with E-state index in [0.717, 1.165) is 0 Å². The van der Waals surface area contributed by atoms with Gasteiger partial charge in [0.05, 0.1) is 19.0 Å². The van der Waals surface area contributed by atoms with Crippen LogP contribution >= 0.6 is 0 Å². The van der Waals surface area contributed by atoms with Gasteiger partial charge in [-0.25, -0.2) is 8.42 Å². The van der Waals surface area contributed by atoms with Crippen molar-refractivity contribution in [1.29, 1.82) is 0 Å². The van der Waals surface area contributed by atoms with Gasteiger partial charge in [-0.05, 0) is 0 Å². The molecule has 0 fully saturated rings. The van der Waals surface area contributed by atoms with Crippen LogP contribution in [0.25, 0.3) is 0 Å². The number of rotatable bonds is 7. The first-order chi connectivity index (χ1) is 5.99. The molecule has 0 aliphatic rings. The van der Waals surface area contributed by atoms with E-state index >= 15 is 0 Å². The van der Waals surface area contributed by atoms with Gasteiger partial charge >= 0.3 is 0 Å². The second-order valence-electron chi connectivity index (χ2n) is 2.92. The molecule has 5 nitrogen and oxygen atoms in total. The molecule has 0 spiro atoms. The van der Waals surface area contributed by atoms with Crippen molar-refractivity contribution < 1.29 is 18.6 Å². The number of hydrogen-bond donors (Lipinski definition) is 2. The van der Waals surface area contributed by atoms with E-state index in [2.05, 4.69) is 0 Å². The van der Waals surface area contributed by atoms with Gasteiger partial charge in [0.15, 0.2) is 0 Å². The monoisotopic (exact) mass is 211 g/mol. The van der Waals surface area contributed by atoms with Crippen LogP contribution in [-0.4, -0.2) is 68.4 Å². The lowest BCUT2D eigenvalue weighted by Gasteiger charge is -2.19. The SMILES string of the molecule is CS(=O)(=O)CCN(CCO)CCO. The van der Waals surface area contributed by atoms with Crippen LogP contribution in [0.4, 0.5) is 0 Å². The van der Waals surface area contributed by atoms with Crippen LogP contribution < -0.4 is 0 Å². The summed E-state index contributed by atoms with van der Waals surface area (Å²) in [6.45, 7) is 1.11. The van der Waals surface area contributed by atoms with E-state index in [1.807, 2.05) is 0 Å². The van der Waals surface area contributed by atoms with E-state index in [0.29, 0.717) is 19.6 Å². The minimum atomic E-state index is -2.96. The highest BCUT2D eigenvalue weighted by atomic mass is 32.2. The Balaban J connectivity index is 3.81. The highest BCUT2D eigenvalue weighted by Gasteiger charge is 2.07. The van der Waals surface area contributed by atoms with Gasteiger partial charge in [0.25, 0.3) is 0 Å². The normalized spacial score (nSPS) is 12.3. The molecule has 0 saturated carbocycles. The van der Waals surface area contributed by atoms with Gasteiger partial charge in [-0.3, -0.25) is 4.90 Å². The fourth-order valence-corrected chi connectivity index (χ4v) is 1.50. The average Bonchev–Trinajstić information content (AvgIpc) is 2.00. The van der Waals surface area contributed by atoms with Gasteiger partial charge in [-0.1, -0.05) is 0 Å². The number of aliphatic hydroxyl groups excluding tert-OH is 2. The number of hydrogen-bond acceptors (Lipinski definition) is 5. The Bertz CT molecular complexity index is 209. The molecule has 0 unspecified atom stereocenters. The summed E-state index contributed by atoms with van der Waals surface area (Å²) in [6.07, 6.45) is 1.17. The third-order valence-electron chi connectivity index (χ3n) is 1.61. The molecule has 0 heterocycles. The van der Waals surface area contributed by atoms with Crippen LogP contribution in [0, 0.1) is 0 Å². The standard InChI is InChI=1S/C7H17NO4S/c1-13(11,12)7-4-8(2-5-9)3-6-10/h9-10H,2-7H2,1H3. The molecular weight excluding hydrogens is 194 g/mol. The third kappa shape index (κ3) is 8.17. The van der Waals surface area contributed by atoms with Gasteiger partial charge in [-0.15, -0.1) is 0 Å². The van der Waals surface area contributed by atoms with Crippen LogP contribution in [-0.2, 0) is 9.84 Å². The summed E-state index contributed by atoms with van der Waals surface area (Å²) in [5.41, 5.74) is 0. The Morgan fingerprint density at radius 2 is 1.54 bits per heavy atom. The van der Waals surface area contributed by atoms with Crippen molar-refractivity contribution in [2.75, 3.05) is 44.9 Å². The molecule has 2 N–H and O–H groups in total. The lowest BCUT2D eigenvalue weighted by atomic mass is 10.5. The molecular formula is C7H17NO4S. The quantitative estimate of drug-likeness (QED) is 0.526. The van der Waals surface area contributed by atoms with Gasteiger partial charge < -0.3 is 10.2 Å². The number of aliphatic hydroxyl groups is 2. The summed E-state index contributed by atoms with van der Waals surface area (Å²) >= 11 is 0. The lowest BCUT2D eigenvalue weighted by molar-refractivity contribution is 0.167. The molecule has 0 amide bonds. The van der Waals surface area contributed by atoms with Crippen molar-refractivity contribution in [1.82, 2.24) is 4.90 Å². The minimum Gasteiger partial charge on any atom is -0.395 e. The topological polar surface area (TPSA) is 77.8 Å². The van der Waals surface area contributed by atoms with E-state index in [-0.39, 0.29) is 19.0 Å². The maximum atomic E-state index is 10.8. The Hall–Kier alpha value is -0.170. The maximum Gasteiger partial charge on any atom is 0.148 e. The zero-order chi connectivity index (χ0) is 10.3. The lowest BCUT2D eigenvalue weighted by Crippen LogP contribution is -2.33. The average molecular weight is 211 g/mol. The molecule has 0 bridgehead atoms. The van der Waals surface area contributed by atoms with Crippen LogP contribution in [0.2, 0.25) is 0 Å².